The molecule has 0 bridgehead atoms. The number of carbonyl (C=O) groups is 1. The molecule has 0 aliphatic carbocycles. The molecule has 6 heteroatoms. The Morgan fingerprint density at radius 2 is 1.60 bits per heavy atom. The van der Waals surface area contributed by atoms with E-state index in [2.05, 4.69) is 34.3 Å². The molecule has 0 spiro atoms. The van der Waals surface area contributed by atoms with Crippen molar-refractivity contribution in [3.8, 4) is 11.1 Å². The number of piperazine rings is 1. The van der Waals surface area contributed by atoms with Crippen molar-refractivity contribution < 1.29 is 15.0 Å². The molecule has 1 atom stereocenters. The van der Waals surface area contributed by atoms with Gasteiger partial charge < -0.3 is 25.3 Å². The number of nitrogens with zero attached hydrogens (tertiary/aromatic N) is 2. The first-order valence-electron chi connectivity index (χ1n) is 12.2. The van der Waals surface area contributed by atoms with Gasteiger partial charge in [-0.3, -0.25) is 4.79 Å². The van der Waals surface area contributed by atoms with E-state index in [1.807, 2.05) is 56.3 Å². The van der Waals surface area contributed by atoms with Crippen molar-refractivity contribution in [2.75, 3.05) is 38.1 Å². The van der Waals surface area contributed by atoms with Crippen LogP contribution in [0.3, 0.4) is 0 Å². The number of nitrogens with one attached hydrogen (secondary N) is 1. The highest BCUT2D eigenvalue weighted by Gasteiger charge is 2.18. The fourth-order valence-electron chi connectivity index (χ4n) is 4.57. The van der Waals surface area contributed by atoms with E-state index < -0.39 is 0 Å². The fraction of sp³-hybridized carbons (Fsp3) is 0.345. The highest BCUT2D eigenvalue weighted by Crippen LogP contribution is 2.27. The number of likely N-dealkylation sites (N-methyl/N-ethyl adjacent to an activating group) is 1. The Balaban J connectivity index is 1.52. The Bertz CT molecular complexity index is 1160. The summed E-state index contributed by atoms with van der Waals surface area (Å²) in [6.07, 6.45) is 0. The summed E-state index contributed by atoms with van der Waals surface area (Å²) in [6, 6.07) is 19.6. The van der Waals surface area contributed by atoms with Gasteiger partial charge in [0, 0.05) is 37.4 Å². The molecule has 1 fully saturated rings. The number of aryl methyl sites for hydroxylation is 1. The van der Waals surface area contributed by atoms with Crippen LogP contribution in [0.2, 0.25) is 0 Å². The third-order valence-corrected chi connectivity index (χ3v) is 6.82. The summed E-state index contributed by atoms with van der Waals surface area (Å²) in [4.78, 5) is 17.9. The second kappa shape index (κ2) is 11.0. The van der Waals surface area contributed by atoms with E-state index in [-0.39, 0.29) is 25.2 Å². The number of anilines is 1. The first-order chi connectivity index (χ1) is 16.9. The van der Waals surface area contributed by atoms with Crippen molar-refractivity contribution >= 4 is 11.6 Å². The topological polar surface area (TPSA) is 76.0 Å². The van der Waals surface area contributed by atoms with E-state index in [9.17, 15) is 15.0 Å². The molecule has 1 amide bonds. The molecule has 4 rings (SSSR count). The molecule has 0 aromatic heterocycles. The second-order valence-corrected chi connectivity index (χ2v) is 9.46. The van der Waals surface area contributed by atoms with Crippen molar-refractivity contribution in [3.63, 3.8) is 0 Å². The number of carbonyl (C=O) groups excluding carboxylic acids is 1. The van der Waals surface area contributed by atoms with Crippen LogP contribution in [-0.4, -0.2) is 54.2 Å². The molecule has 184 valence electrons. The quantitative estimate of drug-likeness (QED) is 0.485. The van der Waals surface area contributed by atoms with E-state index in [0.29, 0.717) is 5.56 Å². The van der Waals surface area contributed by atoms with Crippen molar-refractivity contribution in [2.24, 2.45) is 0 Å². The smallest absolute Gasteiger partial charge is 0.252 e. The zero-order chi connectivity index (χ0) is 24.9. The minimum atomic E-state index is -0.188. The van der Waals surface area contributed by atoms with Gasteiger partial charge in [0.05, 0.1) is 19.3 Å². The Morgan fingerprint density at radius 3 is 2.26 bits per heavy atom. The fourth-order valence-corrected chi connectivity index (χ4v) is 4.57. The lowest BCUT2D eigenvalue weighted by Crippen LogP contribution is -2.44. The average Bonchev–Trinajstić information content (AvgIpc) is 2.89. The van der Waals surface area contributed by atoms with Gasteiger partial charge in [0.15, 0.2) is 0 Å². The van der Waals surface area contributed by atoms with Crippen molar-refractivity contribution in [1.82, 2.24) is 10.2 Å². The molecule has 3 aromatic rings. The minimum Gasteiger partial charge on any atom is -0.392 e. The van der Waals surface area contributed by atoms with E-state index >= 15 is 0 Å². The van der Waals surface area contributed by atoms with Crippen molar-refractivity contribution in [3.05, 3.63) is 88.5 Å². The van der Waals surface area contributed by atoms with Crippen LogP contribution in [0.4, 0.5) is 5.69 Å². The SMILES string of the molecule is Cc1ccc(N2CCN(C)CC2)cc1C(=O)NC(C)c1cccc(-c2cc(CO)cc(CO)c2)c1. The van der Waals surface area contributed by atoms with Gasteiger partial charge in [-0.1, -0.05) is 30.3 Å². The molecule has 3 aromatic carbocycles. The number of aliphatic hydroxyl groups excluding tert-OH is 2. The maximum atomic E-state index is 13.3. The van der Waals surface area contributed by atoms with Crippen LogP contribution < -0.4 is 10.2 Å². The molecule has 1 aliphatic rings. The molecule has 3 N–H and O–H groups in total. The van der Waals surface area contributed by atoms with Crippen molar-refractivity contribution in [2.45, 2.75) is 33.1 Å². The molecular weight excluding hydrogens is 438 g/mol. The molecule has 35 heavy (non-hydrogen) atoms. The van der Waals surface area contributed by atoms with Gasteiger partial charge in [-0.05, 0) is 84.6 Å². The normalized spacial score (nSPS) is 15.2. The van der Waals surface area contributed by atoms with Gasteiger partial charge in [0.1, 0.15) is 0 Å². The Labute approximate surface area is 207 Å². The zero-order valence-corrected chi connectivity index (χ0v) is 20.8. The summed E-state index contributed by atoms with van der Waals surface area (Å²) in [5.74, 6) is -0.0822. The highest BCUT2D eigenvalue weighted by atomic mass is 16.3. The number of benzene rings is 3. The number of hydrogen-bond donors (Lipinski definition) is 3. The molecule has 0 saturated carbocycles. The largest absolute Gasteiger partial charge is 0.392 e. The number of amides is 1. The third kappa shape index (κ3) is 5.90. The monoisotopic (exact) mass is 473 g/mol. The van der Waals surface area contributed by atoms with E-state index in [4.69, 9.17) is 0 Å². The van der Waals surface area contributed by atoms with Gasteiger partial charge in [0.25, 0.3) is 5.91 Å². The number of rotatable bonds is 7. The predicted molar refractivity (Wildman–Crippen MR) is 140 cm³/mol. The van der Waals surface area contributed by atoms with Crippen LogP contribution in [0.5, 0.6) is 0 Å². The Kier molecular flexibility index (Phi) is 7.86. The lowest BCUT2D eigenvalue weighted by Gasteiger charge is -2.34. The number of aliphatic hydroxyl groups is 2. The van der Waals surface area contributed by atoms with Crippen LogP contribution in [0.1, 0.15) is 45.6 Å². The summed E-state index contributed by atoms with van der Waals surface area (Å²) in [5, 5.41) is 22.3. The summed E-state index contributed by atoms with van der Waals surface area (Å²) in [7, 11) is 2.14. The van der Waals surface area contributed by atoms with Crippen LogP contribution in [0, 0.1) is 6.92 Å². The molecule has 1 aliphatic heterocycles. The molecule has 1 heterocycles. The molecule has 0 radical (unpaired) electrons. The van der Waals surface area contributed by atoms with Gasteiger partial charge in [-0.15, -0.1) is 0 Å². The summed E-state index contributed by atoms with van der Waals surface area (Å²) < 4.78 is 0. The Hall–Kier alpha value is -3.19. The Morgan fingerprint density at radius 1 is 0.914 bits per heavy atom. The standard InChI is InChI=1S/C29H35N3O3/c1-20-7-8-27(32-11-9-31(3)10-12-32)17-28(20)29(35)30-21(2)24-5-4-6-25(16-24)26-14-22(18-33)13-23(15-26)19-34/h4-8,13-17,21,33-34H,9-12,18-19H2,1-3H3,(H,30,35). The van der Waals surface area contributed by atoms with Crippen LogP contribution in [0.15, 0.2) is 60.7 Å². The first kappa shape index (κ1) is 24.9. The predicted octanol–water partition coefficient (Wildman–Crippen LogP) is 3.89. The second-order valence-electron chi connectivity index (χ2n) is 9.46. The summed E-state index contributed by atoms with van der Waals surface area (Å²) in [5.41, 5.74) is 7.16. The molecule has 6 nitrogen and oxygen atoms in total. The third-order valence-electron chi connectivity index (χ3n) is 6.82. The average molecular weight is 474 g/mol. The highest BCUT2D eigenvalue weighted by molar-refractivity contribution is 5.97. The van der Waals surface area contributed by atoms with E-state index in [1.54, 1.807) is 6.07 Å². The summed E-state index contributed by atoms with van der Waals surface area (Å²) in [6.45, 7) is 7.74. The maximum Gasteiger partial charge on any atom is 0.252 e. The minimum absolute atomic E-state index is 0.0822. The molecule has 1 saturated heterocycles. The van der Waals surface area contributed by atoms with E-state index in [1.165, 1.54) is 0 Å². The van der Waals surface area contributed by atoms with Crippen LogP contribution in [-0.2, 0) is 13.2 Å². The lowest BCUT2D eigenvalue weighted by molar-refractivity contribution is 0.0939. The lowest BCUT2D eigenvalue weighted by atomic mass is 9.97. The van der Waals surface area contributed by atoms with E-state index in [0.717, 1.165) is 65.2 Å². The zero-order valence-electron chi connectivity index (χ0n) is 20.8. The van der Waals surface area contributed by atoms with Gasteiger partial charge >= 0.3 is 0 Å². The summed E-state index contributed by atoms with van der Waals surface area (Å²) >= 11 is 0. The van der Waals surface area contributed by atoms with Crippen molar-refractivity contribution in [1.29, 1.82) is 0 Å². The van der Waals surface area contributed by atoms with Gasteiger partial charge in [-0.25, -0.2) is 0 Å². The number of hydrogen-bond acceptors (Lipinski definition) is 5. The van der Waals surface area contributed by atoms with Gasteiger partial charge in [0.2, 0.25) is 0 Å². The molecular formula is C29H35N3O3. The maximum absolute atomic E-state index is 13.3. The van der Waals surface area contributed by atoms with Crippen LogP contribution >= 0.6 is 0 Å². The van der Waals surface area contributed by atoms with Gasteiger partial charge in [-0.2, -0.15) is 0 Å². The van der Waals surface area contributed by atoms with Crippen LogP contribution in [0.25, 0.3) is 11.1 Å². The molecule has 1 unspecified atom stereocenters. The first-order valence-corrected chi connectivity index (χ1v) is 12.2.